The molecule has 0 bridgehead atoms. The molecule has 11 heteroatoms. The van der Waals surface area contributed by atoms with E-state index in [4.69, 9.17) is 4.74 Å². The summed E-state index contributed by atoms with van der Waals surface area (Å²) < 4.78 is 33.3. The summed E-state index contributed by atoms with van der Waals surface area (Å²) >= 11 is 1.46. The number of carbonyl (C=O) groups excluding carboxylic acids is 2. The number of morpholine rings is 1. The standard InChI is InChI=1S/C25H34N4O5S2/c1-5-11-28-12-10-20-21(15-28)35-25(22(20)24(31)26-4)27-23(30)18-6-8-19(9-7-18)36(32,33)29-13-16(2)34-17(3)14-29/h6-9,16-17H,5,10-15H2,1-4H3,(H,26,31)(H,27,30)/p+1/t16-,17-/m1/s1. The van der Waals surface area contributed by atoms with Gasteiger partial charge in [-0.2, -0.15) is 4.31 Å². The molecule has 2 aromatic rings. The second kappa shape index (κ2) is 11.0. The van der Waals surface area contributed by atoms with E-state index in [0.717, 1.165) is 42.9 Å². The largest absolute Gasteiger partial charge is 0.373 e. The van der Waals surface area contributed by atoms with Gasteiger partial charge in [0.25, 0.3) is 11.8 Å². The molecule has 0 aliphatic carbocycles. The van der Waals surface area contributed by atoms with Gasteiger partial charge in [0, 0.05) is 32.1 Å². The molecule has 0 saturated carbocycles. The van der Waals surface area contributed by atoms with E-state index in [1.54, 1.807) is 7.05 Å². The van der Waals surface area contributed by atoms with Crippen LogP contribution in [0.3, 0.4) is 0 Å². The van der Waals surface area contributed by atoms with E-state index in [9.17, 15) is 18.0 Å². The number of hydrogen-bond acceptors (Lipinski definition) is 6. The smallest absolute Gasteiger partial charge is 0.256 e. The second-order valence-electron chi connectivity index (χ2n) is 9.52. The van der Waals surface area contributed by atoms with Crippen molar-refractivity contribution in [2.75, 3.05) is 38.5 Å². The van der Waals surface area contributed by atoms with Gasteiger partial charge in [-0.25, -0.2) is 8.42 Å². The summed E-state index contributed by atoms with van der Waals surface area (Å²) in [5.74, 6) is -0.591. The molecular formula is C25H35N4O5S2+. The average Bonchev–Trinajstić information content (AvgIpc) is 3.20. The molecule has 9 nitrogen and oxygen atoms in total. The Kier molecular flexibility index (Phi) is 8.15. The molecule has 196 valence electrons. The van der Waals surface area contributed by atoms with Crippen molar-refractivity contribution in [2.24, 2.45) is 0 Å². The number of sulfonamides is 1. The zero-order chi connectivity index (χ0) is 26.0. The van der Waals surface area contributed by atoms with Gasteiger partial charge in [-0.3, -0.25) is 9.59 Å². The number of quaternary nitrogens is 1. The first-order valence-electron chi connectivity index (χ1n) is 12.4. The van der Waals surface area contributed by atoms with E-state index in [2.05, 4.69) is 17.6 Å². The number of thiophene rings is 1. The Labute approximate surface area is 216 Å². The van der Waals surface area contributed by atoms with Gasteiger partial charge in [0.05, 0.1) is 40.6 Å². The Hall–Kier alpha value is -2.31. The third-order valence-corrected chi connectivity index (χ3v) is 9.65. The minimum absolute atomic E-state index is 0.136. The second-order valence-corrected chi connectivity index (χ2v) is 12.6. The summed E-state index contributed by atoms with van der Waals surface area (Å²) in [7, 11) is -2.11. The number of nitrogens with zero attached hydrogens (tertiary/aromatic N) is 1. The molecule has 36 heavy (non-hydrogen) atoms. The van der Waals surface area contributed by atoms with Gasteiger partial charge in [0.1, 0.15) is 11.5 Å². The lowest BCUT2D eigenvalue weighted by molar-refractivity contribution is -0.915. The quantitative estimate of drug-likeness (QED) is 0.498. The van der Waals surface area contributed by atoms with Gasteiger partial charge < -0.3 is 20.3 Å². The molecule has 1 aromatic heterocycles. The van der Waals surface area contributed by atoms with Crippen LogP contribution in [0.25, 0.3) is 0 Å². The number of benzene rings is 1. The van der Waals surface area contributed by atoms with E-state index in [-0.39, 0.29) is 42.0 Å². The maximum absolute atomic E-state index is 13.1. The van der Waals surface area contributed by atoms with Crippen molar-refractivity contribution >= 4 is 38.2 Å². The number of anilines is 1. The van der Waals surface area contributed by atoms with E-state index < -0.39 is 10.0 Å². The van der Waals surface area contributed by atoms with E-state index in [1.165, 1.54) is 44.8 Å². The third kappa shape index (κ3) is 5.50. The molecule has 2 amide bonds. The number of ether oxygens (including phenoxy) is 1. The van der Waals surface area contributed by atoms with Crippen LogP contribution in [0.4, 0.5) is 5.00 Å². The Morgan fingerprint density at radius 2 is 1.81 bits per heavy atom. The van der Waals surface area contributed by atoms with Gasteiger partial charge in [0.15, 0.2) is 0 Å². The molecule has 3 N–H and O–H groups in total. The Balaban J connectivity index is 1.53. The number of rotatable bonds is 7. The highest BCUT2D eigenvalue weighted by molar-refractivity contribution is 7.89. The first-order valence-corrected chi connectivity index (χ1v) is 14.7. The van der Waals surface area contributed by atoms with Crippen molar-refractivity contribution in [1.29, 1.82) is 0 Å². The Morgan fingerprint density at radius 1 is 1.14 bits per heavy atom. The highest BCUT2D eigenvalue weighted by Crippen LogP contribution is 2.35. The van der Waals surface area contributed by atoms with Crippen LogP contribution < -0.4 is 15.5 Å². The van der Waals surface area contributed by atoms with Crippen LogP contribution in [0.1, 0.15) is 58.3 Å². The number of hydrogen-bond donors (Lipinski definition) is 3. The van der Waals surface area contributed by atoms with Gasteiger partial charge in [-0.15, -0.1) is 11.3 Å². The van der Waals surface area contributed by atoms with E-state index >= 15 is 0 Å². The van der Waals surface area contributed by atoms with Gasteiger partial charge in [-0.1, -0.05) is 6.92 Å². The van der Waals surface area contributed by atoms with Crippen molar-refractivity contribution in [1.82, 2.24) is 9.62 Å². The lowest BCUT2D eigenvalue weighted by Gasteiger charge is -2.34. The lowest BCUT2D eigenvalue weighted by atomic mass is 10.0. The number of amides is 2. The van der Waals surface area contributed by atoms with Gasteiger partial charge >= 0.3 is 0 Å². The Morgan fingerprint density at radius 3 is 2.42 bits per heavy atom. The molecule has 2 aliphatic rings. The molecule has 0 radical (unpaired) electrons. The van der Waals surface area contributed by atoms with Crippen LogP contribution in [-0.2, 0) is 27.7 Å². The monoisotopic (exact) mass is 535 g/mol. The highest BCUT2D eigenvalue weighted by Gasteiger charge is 2.33. The maximum atomic E-state index is 13.1. The predicted octanol–water partition coefficient (Wildman–Crippen LogP) is 1.51. The molecular weight excluding hydrogens is 500 g/mol. The summed E-state index contributed by atoms with van der Waals surface area (Å²) in [4.78, 5) is 28.5. The van der Waals surface area contributed by atoms with Crippen LogP contribution in [0, 0.1) is 0 Å². The minimum atomic E-state index is -3.69. The van der Waals surface area contributed by atoms with Crippen molar-refractivity contribution in [3.8, 4) is 0 Å². The maximum Gasteiger partial charge on any atom is 0.256 e. The highest BCUT2D eigenvalue weighted by atomic mass is 32.2. The fraction of sp³-hybridized carbons (Fsp3) is 0.520. The normalized spacial score (nSPS) is 22.6. The number of fused-ring (bicyclic) bond motifs is 1. The molecule has 1 unspecified atom stereocenters. The van der Waals surface area contributed by atoms with E-state index in [1.807, 2.05) is 13.8 Å². The van der Waals surface area contributed by atoms with Crippen molar-refractivity contribution in [2.45, 2.75) is 57.3 Å². The molecule has 3 atom stereocenters. The van der Waals surface area contributed by atoms with Crippen molar-refractivity contribution in [3.05, 3.63) is 45.8 Å². The molecule has 1 saturated heterocycles. The summed E-state index contributed by atoms with van der Waals surface area (Å²) in [5, 5.41) is 6.15. The summed E-state index contributed by atoms with van der Waals surface area (Å²) in [6.07, 6.45) is 1.52. The molecule has 1 aromatic carbocycles. The van der Waals surface area contributed by atoms with Crippen LogP contribution in [0.15, 0.2) is 29.2 Å². The van der Waals surface area contributed by atoms with Crippen LogP contribution >= 0.6 is 11.3 Å². The summed E-state index contributed by atoms with van der Waals surface area (Å²) in [6.45, 7) is 9.33. The minimum Gasteiger partial charge on any atom is -0.373 e. The zero-order valence-electron chi connectivity index (χ0n) is 21.2. The van der Waals surface area contributed by atoms with Crippen LogP contribution in [0.5, 0.6) is 0 Å². The Bertz CT molecular complexity index is 1220. The van der Waals surface area contributed by atoms with Crippen LogP contribution in [-0.4, -0.2) is 70.0 Å². The van der Waals surface area contributed by atoms with Crippen molar-refractivity contribution in [3.63, 3.8) is 0 Å². The molecule has 3 heterocycles. The fourth-order valence-electron chi connectivity index (χ4n) is 4.99. The van der Waals surface area contributed by atoms with Gasteiger partial charge in [-0.05, 0) is 50.1 Å². The molecule has 0 spiro atoms. The average molecular weight is 536 g/mol. The number of nitrogens with one attached hydrogen (secondary N) is 3. The summed E-state index contributed by atoms with van der Waals surface area (Å²) in [6, 6.07) is 5.94. The third-order valence-electron chi connectivity index (χ3n) is 6.65. The SMILES string of the molecule is CCC[NH+]1CCc2c(sc(NC(=O)c3ccc(S(=O)(=O)N4C[C@@H](C)O[C@H](C)C4)cc3)c2C(=O)NC)C1. The summed E-state index contributed by atoms with van der Waals surface area (Å²) in [5.41, 5.74) is 1.88. The zero-order valence-corrected chi connectivity index (χ0v) is 22.9. The van der Waals surface area contributed by atoms with Gasteiger partial charge in [0.2, 0.25) is 10.0 Å². The first-order chi connectivity index (χ1) is 17.1. The van der Waals surface area contributed by atoms with Crippen LogP contribution in [0.2, 0.25) is 0 Å². The fourth-order valence-corrected chi connectivity index (χ4v) is 7.89. The van der Waals surface area contributed by atoms with E-state index in [0.29, 0.717) is 16.1 Å². The first kappa shape index (κ1) is 26.7. The molecule has 1 fully saturated rings. The number of carbonyl (C=O) groups is 2. The predicted molar refractivity (Wildman–Crippen MR) is 139 cm³/mol. The van der Waals surface area contributed by atoms with Crippen molar-refractivity contribution < 1.29 is 27.6 Å². The topological polar surface area (TPSA) is 109 Å². The lowest BCUT2D eigenvalue weighted by Crippen LogP contribution is -3.11. The molecule has 4 rings (SSSR count). The molecule has 2 aliphatic heterocycles.